The zero-order valence-corrected chi connectivity index (χ0v) is 12.1. The predicted molar refractivity (Wildman–Crippen MR) is 73.2 cm³/mol. The molecule has 1 heterocycles. The number of ether oxygens (including phenoxy) is 2. The molecule has 0 aliphatic carbocycles. The number of hydrogen-bond acceptors (Lipinski definition) is 5. The zero-order chi connectivity index (χ0) is 14.4. The summed E-state index contributed by atoms with van der Waals surface area (Å²) >= 11 is 0. The number of carbonyl (C=O) groups is 1. The third-order valence-corrected chi connectivity index (χ3v) is 2.71. The quantitative estimate of drug-likeness (QED) is 0.603. The van der Waals surface area contributed by atoms with Crippen molar-refractivity contribution in [2.75, 3.05) is 25.6 Å². The minimum Gasteiger partial charge on any atom is -0.461 e. The van der Waals surface area contributed by atoms with Gasteiger partial charge in [0, 0.05) is 24.6 Å². The van der Waals surface area contributed by atoms with Crippen LogP contribution in [0.15, 0.2) is 0 Å². The first-order chi connectivity index (χ1) is 9.02. The van der Waals surface area contributed by atoms with Crippen LogP contribution < -0.4 is 5.73 Å². The van der Waals surface area contributed by atoms with Gasteiger partial charge in [0.25, 0.3) is 0 Å². The topological polar surface area (TPSA) is 79.4 Å². The summed E-state index contributed by atoms with van der Waals surface area (Å²) < 4.78 is 12.0. The van der Waals surface area contributed by atoms with Crippen LogP contribution in [-0.4, -0.2) is 35.6 Å². The van der Waals surface area contributed by atoms with E-state index in [1.807, 2.05) is 20.8 Å². The van der Waals surface area contributed by atoms with E-state index in [9.17, 15) is 4.79 Å². The second-order valence-electron chi connectivity index (χ2n) is 4.42. The van der Waals surface area contributed by atoms with Crippen molar-refractivity contribution >= 4 is 11.8 Å². The number of nitrogens with zero attached hydrogens (tertiary/aromatic N) is 2. The third kappa shape index (κ3) is 3.70. The Morgan fingerprint density at radius 3 is 2.58 bits per heavy atom. The highest BCUT2D eigenvalue weighted by molar-refractivity contribution is 5.90. The molecular weight excluding hydrogens is 246 g/mol. The first-order valence-corrected chi connectivity index (χ1v) is 6.64. The predicted octanol–water partition coefficient (Wildman–Crippen LogP) is 1.80. The Balaban J connectivity index is 3.04. The molecule has 2 N–H and O–H groups in total. The van der Waals surface area contributed by atoms with Crippen molar-refractivity contribution in [1.82, 2.24) is 9.78 Å². The lowest BCUT2D eigenvalue weighted by molar-refractivity contribution is 0.0516. The summed E-state index contributed by atoms with van der Waals surface area (Å²) in [5.74, 6) is 0.0813. The Morgan fingerprint density at radius 2 is 2.05 bits per heavy atom. The number of nitrogens with two attached hydrogens (primary N) is 1. The van der Waals surface area contributed by atoms with Crippen LogP contribution in [0.1, 0.15) is 49.8 Å². The molecule has 0 bridgehead atoms. The van der Waals surface area contributed by atoms with Gasteiger partial charge in [0.15, 0.2) is 5.69 Å². The largest absolute Gasteiger partial charge is 0.461 e. The van der Waals surface area contributed by atoms with E-state index < -0.39 is 5.97 Å². The van der Waals surface area contributed by atoms with Crippen LogP contribution in [0.25, 0.3) is 0 Å². The van der Waals surface area contributed by atoms with Gasteiger partial charge in [0.2, 0.25) is 0 Å². The average Bonchev–Trinajstić information content (AvgIpc) is 2.68. The summed E-state index contributed by atoms with van der Waals surface area (Å²) in [5, 5.41) is 4.27. The Bertz CT molecular complexity index is 427. The molecule has 0 atom stereocenters. The molecule has 0 saturated heterocycles. The van der Waals surface area contributed by atoms with Gasteiger partial charge in [-0.25, -0.2) is 9.48 Å². The number of esters is 1. The van der Waals surface area contributed by atoms with Gasteiger partial charge < -0.3 is 15.2 Å². The average molecular weight is 269 g/mol. The Kier molecular flexibility index (Phi) is 5.82. The number of nitrogen functional groups attached to an aromatic ring is 1. The molecule has 0 unspecified atom stereocenters. The number of rotatable bonds is 7. The highest BCUT2D eigenvalue weighted by Gasteiger charge is 2.23. The highest BCUT2D eigenvalue weighted by atomic mass is 16.5. The maximum absolute atomic E-state index is 11.9. The second kappa shape index (κ2) is 7.13. The van der Waals surface area contributed by atoms with Crippen LogP contribution in [0.5, 0.6) is 0 Å². The van der Waals surface area contributed by atoms with Gasteiger partial charge in [-0.05, 0) is 27.7 Å². The van der Waals surface area contributed by atoms with Gasteiger partial charge in [-0.1, -0.05) is 0 Å². The maximum Gasteiger partial charge on any atom is 0.359 e. The van der Waals surface area contributed by atoms with Crippen molar-refractivity contribution in [3.8, 4) is 0 Å². The van der Waals surface area contributed by atoms with Crippen molar-refractivity contribution in [2.45, 2.75) is 40.2 Å². The van der Waals surface area contributed by atoms with Crippen LogP contribution in [0.2, 0.25) is 0 Å². The Morgan fingerprint density at radius 1 is 1.37 bits per heavy atom. The van der Waals surface area contributed by atoms with Gasteiger partial charge >= 0.3 is 5.97 Å². The molecular formula is C13H23N3O3. The molecule has 1 aromatic rings. The van der Waals surface area contributed by atoms with Gasteiger partial charge in [0.05, 0.1) is 13.2 Å². The fraction of sp³-hybridized carbons (Fsp3) is 0.692. The van der Waals surface area contributed by atoms with E-state index in [4.69, 9.17) is 15.2 Å². The minimum absolute atomic E-state index is 0.0917. The van der Waals surface area contributed by atoms with E-state index >= 15 is 0 Å². The van der Waals surface area contributed by atoms with E-state index in [-0.39, 0.29) is 6.04 Å². The lowest BCUT2D eigenvalue weighted by Gasteiger charge is -2.08. The summed E-state index contributed by atoms with van der Waals surface area (Å²) in [5.41, 5.74) is 7.07. The van der Waals surface area contributed by atoms with Crippen molar-refractivity contribution in [1.29, 1.82) is 0 Å². The van der Waals surface area contributed by atoms with Crippen molar-refractivity contribution in [3.05, 3.63) is 11.3 Å². The summed E-state index contributed by atoms with van der Waals surface area (Å²) in [7, 11) is 0. The maximum atomic E-state index is 11.9. The Labute approximate surface area is 113 Å². The normalized spacial score (nSPS) is 11.0. The molecule has 1 rings (SSSR count). The first-order valence-electron chi connectivity index (χ1n) is 6.64. The molecule has 0 fully saturated rings. The van der Waals surface area contributed by atoms with Crippen LogP contribution in [0, 0.1) is 0 Å². The Hall–Kier alpha value is -1.56. The monoisotopic (exact) mass is 269 g/mol. The molecule has 0 radical (unpaired) electrons. The van der Waals surface area contributed by atoms with Crippen molar-refractivity contribution in [3.63, 3.8) is 0 Å². The summed E-state index contributed by atoms with van der Waals surface area (Å²) in [4.78, 5) is 11.9. The molecule has 0 aliphatic rings. The number of carbonyl (C=O) groups excluding carboxylic acids is 1. The SMILES string of the molecule is CCOCCc1c(C(=O)OCC)nn(C(C)C)c1N. The zero-order valence-electron chi connectivity index (χ0n) is 12.1. The van der Waals surface area contributed by atoms with Crippen LogP contribution in [0.4, 0.5) is 5.82 Å². The number of anilines is 1. The van der Waals surface area contributed by atoms with E-state index in [2.05, 4.69) is 5.10 Å². The van der Waals surface area contributed by atoms with Crippen LogP contribution in [0.3, 0.4) is 0 Å². The minimum atomic E-state index is -0.430. The lowest BCUT2D eigenvalue weighted by Crippen LogP contribution is -2.10. The molecule has 0 aromatic carbocycles. The van der Waals surface area contributed by atoms with Gasteiger partial charge in [-0.2, -0.15) is 5.10 Å². The first kappa shape index (κ1) is 15.5. The number of hydrogen-bond donors (Lipinski definition) is 1. The van der Waals surface area contributed by atoms with Gasteiger partial charge in [-0.15, -0.1) is 0 Å². The molecule has 0 saturated carbocycles. The second-order valence-corrected chi connectivity index (χ2v) is 4.42. The van der Waals surface area contributed by atoms with E-state index in [1.165, 1.54) is 0 Å². The molecule has 19 heavy (non-hydrogen) atoms. The lowest BCUT2D eigenvalue weighted by atomic mass is 10.1. The summed E-state index contributed by atoms with van der Waals surface area (Å²) in [6, 6.07) is 0.0917. The summed E-state index contributed by atoms with van der Waals surface area (Å²) in [6.45, 7) is 9.07. The molecule has 0 spiro atoms. The molecule has 1 aromatic heterocycles. The van der Waals surface area contributed by atoms with Gasteiger partial charge in [0.1, 0.15) is 5.82 Å². The third-order valence-electron chi connectivity index (χ3n) is 2.71. The van der Waals surface area contributed by atoms with Crippen LogP contribution in [-0.2, 0) is 15.9 Å². The molecule has 6 heteroatoms. The number of aromatic nitrogens is 2. The summed E-state index contributed by atoms with van der Waals surface area (Å²) in [6.07, 6.45) is 0.556. The molecule has 0 aliphatic heterocycles. The highest BCUT2D eigenvalue weighted by Crippen LogP contribution is 2.22. The van der Waals surface area contributed by atoms with Crippen LogP contribution >= 0.6 is 0 Å². The standard InChI is InChI=1S/C13H23N3O3/c1-5-18-8-7-10-11(13(17)19-6-2)15-16(9(3)4)12(10)14/h9H,5-8,14H2,1-4H3. The smallest absolute Gasteiger partial charge is 0.359 e. The fourth-order valence-electron chi connectivity index (χ4n) is 1.80. The van der Waals surface area contributed by atoms with Crippen molar-refractivity contribution in [2.24, 2.45) is 0 Å². The molecule has 0 amide bonds. The van der Waals surface area contributed by atoms with E-state index in [1.54, 1.807) is 11.6 Å². The van der Waals surface area contributed by atoms with E-state index in [0.717, 1.165) is 0 Å². The van der Waals surface area contributed by atoms with Gasteiger partial charge in [-0.3, -0.25) is 0 Å². The van der Waals surface area contributed by atoms with Crippen molar-refractivity contribution < 1.29 is 14.3 Å². The molecule has 6 nitrogen and oxygen atoms in total. The van der Waals surface area contributed by atoms with E-state index in [0.29, 0.717) is 43.3 Å². The molecule has 108 valence electrons. The fourth-order valence-corrected chi connectivity index (χ4v) is 1.80.